The lowest BCUT2D eigenvalue weighted by atomic mass is 9.86. The van der Waals surface area contributed by atoms with Crippen molar-refractivity contribution in [3.8, 4) is 0 Å². The summed E-state index contributed by atoms with van der Waals surface area (Å²) in [7, 11) is 1.38. The fraction of sp³-hybridized carbons (Fsp3) is 0.556. The summed E-state index contributed by atoms with van der Waals surface area (Å²) >= 11 is 1.57. The molecule has 0 unspecified atom stereocenters. The fourth-order valence-electron chi connectivity index (χ4n) is 1.33. The van der Waals surface area contributed by atoms with Gasteiger partial charge in [0.2, 0.25) is 0 Å². The first kappa shape index (κ1) is 8.69. The van der Waals surface area contributed by atoms with Crippen LogP contribution in [0.5, 0.6) is 0 Å². The summed E-state index contributed by atoms with van der Waals surface area (Å²) in [6.45, 7) is 0. The third kappa shape index (κ3) is 1.58. The van der Waals surface area contributed by atoms with E-state index in [0.29, 0.717) is 11.6 Å². The third-order valence-corrected chi connectivity index (χ3v) is 3.38. The minimum Gasteiger partial charge on any atom is -0.464 e. The molecule has 1 aliphatic rings. The topological polar surface area (TPSA) is 39.2 Å². The van der Waals surface area contributed by atoms with Gasteiger partial charge in [0.05, 0.1) is 12.1 Å². The molecule has 0 saturated heterocycles. The molecule has 3 nitrogen and oxygen atoms in total. The van der Waals surface area contributed by atoms with Gasteiger partial charge in [0.25, 0.3) is 0 Å². The van der Waals surface area contributed by atoms with Gasteiger partial charge in [-0.3, -0.25) is 0 Å². The van der Waals surface area contributed by atoms with E-state index < -0.39 is 0 Å². The van der Waals surface area contributed by atoms with Gasteiger partial charge in [0.1, 0.15) is 0 Å². The zero-order valence-electron chi connectivity index (χ0n) is 7.45. The summed E-state index contributed by atoms with van der Waals surface area (Å²) in [6.07, 6.45) is 3.72. The van der Waals surface area contributed by atoms with E-state index in [9.17, 15) is 4.79 Å². The average molecular weight is 197 g/mol. The van der Waals surface area contributed by atoms with Gasteiger partial charge in [0, 0.05) is 11.3 Å². The van der Waals surface area contributed by atoms with Crippen LogP contribution in [0, 0.1) is 0 Å². The van der Waals surface area contributed by atoms with E-state index in [1.165, 1.54) is 26.4 Å². The summed E-state index contributed by atoms with van der Waals surface area (Å²) in [5.74, 6) is 0.269. The molecule has 2 rings (SSSR count). The smallest absolute Gasteiger partial charge is 0.357 e. The lowest BCUT2D eigenvalue weighted by molar-refractivity contribution is 0.0594. The minimum absolute atomic E-state index is 0.332. The lowest BCUT2D eigenvalue weighted by Gasteiger charge is -2.22. The van der Waals surface area contributed by atoms with Gasteiger partial charge in [-0.2, -0.15) is 0 Å². The normalized spacial score (nSPS) is 16.7. The van der Waals surface area contributed by atoms with Crippen LogP contribution in [0.15, 0.2) is 5.38 Å². The molecule has 1 aromatic heterocycles. The number of aromatic nitrogens is 1. The Hall–Kier alpha value is -0.900. The van der Waals surface area contributed by atoms with E-state index in [2.05, 4.69) is 9.72 Å². The zero-order chi connectivity index (χ0) is 9.26. The second kappa shape index (κ2) is 3.46. The van der Waals surface area contributed by atoms with Crippen molar-refractivity contribution in [1.82, 2.24) is 4.98 Å². The molecule has 13 heavy (non-hydrogen) atoms. The summed E-state index contributed by atoms with van der Waals surface area (Å²) in [4.78, 5) is 15.3. The Labute approximate surface area is 80.8 Å². The Bertz CT molecular complexity index is 317. The van der Waals surface area contributed by atoms with Gasteiger partial charge in [-0.1, -0.05) is 6.42 Å². The molecular weight excluding hydrogens is 186 g/mol. The molecule has 4 heteroatoms. The fourth-order valence-corrected chi connectivity index (χ4v) is 2.29. The van der Waals surface area contributed by atoms with Crippen LogP contribution < -0.4 is 0 Å². The molecule has 1 aromatic rings. The Kier molecular flexibility index (Phi) is 2.31. The number of rotatable bonds is 2. The highest BCUT2D eigenvalue weighted by molar-refractivity contribution is 7.09. The van der Waals surface area contributed by atoms with Crippen LogP contribution in [0.3, 0.4) is 0 Å². The van der Waals surface area contributed by atoms with Crippen LogP contribution in [0.1, 0.15) is 40.7 Å². The van der Waals surface area contributed by atoms with Gasteiger partial charge in [-0.05, 0) is 12.8 Å². The molecule has 1 aliphatic carbocycles. The van der Waals surface area contributed by atoms with E-state index in [1.807, 2.05) is 0 Å². The van der Waals surface area contributed by atoms with E-state index in [4.69, 9.17) is 0 Å². The second-order valence-corrected chi connectivity index (χ2v) is 4.08. The predicted molar refractivity (Wildman–Crippen MR) is 50.0 cm³/mol. The number of nitrogens with zero attached hydrogens (tertiary/aromatic N) is 1. The first-order valence-corrected chi connectivity index (χ1v) is 5.23. The van der Waals surface area contributed by atoms with Crippen molar-refractivity contribution in [2.45, 2.75) is 25.2 Å². The molecule has 0 amide bonds. The molecule has 0 atom stereocenters. The number of carbonyl (C=O) groups excluding carboxylic acids is 1. The molecule has 0 radical (unpaired) electrons. The van der Waals surface area contributed by atoms with E-state index in [0.717, 1.165) is 5.01 Å². The first-order valence-electron chi connectivity index (χ1n) is 4.35. The Morgan fingerprint density at radius 3 is 3.00 bits per heavy atom. The summed E-state index contributed by atoms with van der Waals surface area (Å²) in [5.41, 5.74) is 0.453. The van der Waals surface area contributed by atoms with E-state index >= 15 is 0 Å². The van der Waals surface area contributed by atoms with Crippen LogP contribution in [-0.2, 0) is 4.74 Å². The maximum atomic E-state index is 11.1. The van der Waals surface area contributed by atoms with Crippen LogP contribution in [0.4, 0.5) is 0 Å². The highest BCUT2D eigenvalue weighted by Gasteiger charge is 2.23. The molecule has 0 aliphatic heterocycles. The molecular formula is C9H11NO2S. The summed E-state index contributed by atoms with van der Waals surface area (Å²) < 4.78 is 4.59. The molecule has 0 N–H and O–H groups in total. The number of hydrogen-bond acceptors (Lipinski definition) is 4. The Morgan fingerprint density at radius 2 is 2.46 bits per heavy atom. The average Bonchev–Trinajstić information content (AvgIpc) is 2.49. The molecule has 0 aromatic carbocycles. The van der Waals surface area contributed by atoms with Gasteiger partial charge in [-0.25, -0.2) is 9.78 Å². The Balaban J connectivity index is 2.12. The number of esters is 1. The molecule has 0 spiro atoms. The predicted octanol–water partition coefficient (Wildman–Crippen LogP) is 2.20. The van der Waals surface area contributed by atoms with Crippen molar-refractivity contribution in [2.75, 3.05) is 7.11 Å². The summed E-state index contributed by atoms with van der Waals surface area (Å²) in [5, 5.41) is 2.87. The van der Waals surface area contributed by atoms with Gasteiger partial charge < -0.3 is 4.74 Å². The highest BCUT2D eigenvalue weighted by atomic mass is 32.1. The van der Waals surface area contributed by atoms with Crippen LogP contribution in [-0.4, -0.2) is 18.1 Å². The van der Waals surface area contributed by atoms with Gasteiger partial charge >= 0.3 is 5.97 Å². The molecule has 1 heterocycles. The standard InChI is InChI=1S/C9H11NO2S/c1-12-9(11)7-5-13-8(10-7)6-3-2-4-6/h5-6H,2-4H2,1H3. The van der Waals surface area contributed by atoms with Crippen molar-refractivity contribution in [1.29, 1.82) is 0 Å². The maximum Gasteiger partial charge on any atom is 0.357 e. The van der Waals surface area contributed by atoms with Crippen LogP contribution in [0.25, 0.3) is 0 Å². The zero-order valence-corrected chi connectivity index (χ0v) is 8.26. The molecule has 1 saturated carbocycles. The monoisotopic (exact) mass is 197 g/mol. The molecule has 0 bridgehead atoms. The lowest BCUT2D eigenvalue weighted by Crippen LogP contribution is -2.09. The van der Waals surface area contributed by atoms with Crippen molar-refractivity contribution in [3.63, 3.8) is 0 Å². The highest BCUT2D eigenvalue weighted by Crippen LogP contribution is 2.37. The van der Waals surface area contributed by atoms with Crippen molar-refractivity contribution in [3.05, 3.63) is 16.1 Å². The van der Waals surface area contributed by atoms with Gasteiger partial charge in [0.15, 0.2) is 5.69 Å². The second-order valence-electron chi connectivity index (χ2n) is 3.19. The largest absolute Gasteiger partial charge is 0.464 e. The van der Waals surface area contributed by atoms with Crippen LogP contribution >= 0.6 is 11.3 Å². The first-order chi connectivity index (χ1) is 6.31. The van der Waals surface area contributed by atoms with E-state index in [1.54, 1.807) is 16.7 Å². The third-order valence-electron chi connectivity index (χ3n) is 2.37. The number of ether oxygens (including phenoxy) is 1. The van der Waals surface area contributed by atoms with Crippen molar-refractivity contribution >= 4 is 17.3 Å². The SMILES string of the molecule is COC(=O)c1csc(C2CCC2)n1. The summed E-state index contributed by atoms with van der Waals surface area (Å²) in [6, 6.07) is 0. The minimum atomic E-state index is -0.332. The molecule has 70 valence electrons. The number of carbonyl (C=O) groups is 1. The number of methoxy groups -OCH3 is 1. The number of thiazole rings is 1. The van der Waals surface area contributed by atoms with Crippen molar-refractivity contribution < 1.29 is 9.53 Å². The van der Waals surface area contributed by atoms with Crippen molar-refractivity contribution in [2.24, 2.45) is 0 Å². The number of hydrogen-bond donors (Lipinski definition) is 0. The van der Waals surface area contributed by atoms with Gasteiger partial charge in [-0.15, -0.1) is 11.3 Å². The van der Waals surface area contributed by atoms with E-state index in [-0.39, 0.29) is 5.97 Å². The van der Waals surface area contributed by atoms with Crippen LogP contribution in [0.2, 0.25) is 0 Å². The molecule has 1 fully saturated rings. The Morgan fingerprint density at radius 1 is 1.69 bits per heavy atom. The maximum absolute atomic E-state index is 11.1. The quantitative estimate of drug-likeness (QED) is 0.682.